The Labute approximate surface area is 163 Å². The van der Waals surface area contributed by atoms with Crippen LogP contribution in [0.1, 0.15) is 38.7 Å². The lowest BCUT2D eigenvalue weighted by molar-refractivity contribution is 0.238. The summed E-state index contributed by atoms with van der Waals surface area (Å²) in [5.74, 6) is 0.857. The molecule has 0 bridgehead atoms. The summed E-state index contributed by atoms with van der Waals surface area (Å²) in [6.07, 6.45) is 5.33. The average Bonchev–Trinajstić information content (AvgIpc) is 3.12. The zero-order valence-corrected chi connectivity index (χ0v) is 16.2. The SMILES string of the molecule is CCC1(C)CCN(c2cnc3c(-c4cccc(C#N)c4Cl)[nH]nc3n2)CC1. The van der Waals surface area contributed by atoms with E-state index in [0.29, 0.717) is 38.4 Å². The van der Waals surface area contributed by atoms with Crippen LogP contribution in [-0.4, -0.2) is 33.3 Å². The van der Waals surface area contributed by atoms with E-state index >= 15 is 0 Å². The smallest absolute Gasteiger partial charge is 0.202 e. The quantitative estimate of drug-likeness (QED) is 0.720. The second-order valence-corrected chi connectivity index (χ2v) is 7.81. The van der Waals surface area contributed by atoms with Crippen molar-refractivity contribution in [2.45, 2.75) is 33.1 Å². The van der Waals surface area contributed by atoms with Gasteiger partial charge in [0, 0.05) is 18.7 Å². The van der Waals surface area contributed by atoms with Crippen LogP contribution in [0.3, 0.4) is 0 Å². The summed E-state index contributed by atoms with van der Waals surface area (Å²) < 4.78 is 0. The first-order valence-electron chi connectivity index (χ1n) is 9.20. The van der Waals surface area contributed by atoms with Gasteiger partial charge in [-0.3, -0.25) is 5.10 Å². The fourth-order valence-electron chi connectivity index (χ4n) is 3.57. The molecule has 3 aromatic rings. The van der Waals surface area contributed by atoms with Gasteiger partial charge in [-0.25, -0.2) is 9.97 Å². The number of nitriles is 1. The van der Waals surface area contributed by atoms with Crippen molar-refractivity contribution >= 4 is 28.6 Å². The number of nitrogens with one attached hydrogen (secondary N) is 1. The lowest BCUT2D eigenvalue weighted by atomic mass is 9.78. The number of hydrogen-bond donors (Lipinski definition) is 1. The topological polar surface area (TPSA) is 81.5 Å². The van der Waals surface area contributed by atoms with Crippen LogP contribution in [0.4, 0.5) is 5.82 Å². The van der Waals surface area contributed by atoms with Crippen LogP contribution in [0.25, 0.3) is 22.4 Å². The number of piperidine rings is 1. The van der Waals surface area contributed by atoms with E-state index in [1.165, 1.54) is 6.42 Å². The molecule has 0 spiro atoms. The molecule has 1 aromatic carbocycles. The molecule has 4 rings (SSSR count). The lowest BCUT2D eigenvalue weighted by Gasteiger charge is -2.39. The normalized spacial score (nSPS) is 16.4. The van der Waals surface area contributed by atoms with Crippen molar-refractivity contribution in [3.05, 3.63) is 35.0 Å². The Kier molecular flexibility index (Phi) is 4.48. The van der Waals surface area contributed by atoms with Gasteiger partial charge < -0.3 is 4.90 Å². The standard InChI is InChI=1S/C20H21ClN6/c1-3-20(2)7-9-27(10-8-20)15-12-23-18-17(25-26-19(18)24-15)14-6-4-5-13(11-22)16(14)21/h4-6,12H,3,7-10H2,1-2H3,(H,24,25,26). The molecule has 0 unspecified atom stereocenters. The van der Waals surface area contributed by atoms with Gasteiger partial charge in [-0.1, -0.05) is 44.0 Å². The van der Waals surface area contributed by atoms with Gasteiger partial charge in [0.1, 0.15) is 17.4 Å². The molecule has 0 radical (unpaired) electrons. The predicted molar refractivity (Wildman–Crippen MR) is 107 cm³/mol. The molecule has 1 aliphatic rings. The van der Waals surface area contributed by atoms with Crippen LogP contribution >= 0.6 is 11.6 Å². The van der Waals surface area contributed by atoms with Crippen molar-refractivity contribution in [1.29, 1.82) is 5.26 Å². The third-order valence-electron chi connectivity index (χ3n) is 5.79. The first kappa shape index (κ1) is 17.7. The van der Waals surface area contributed by atoms with Crippen molar-refractivity contribution < 1.29 is 0 Å². The number of H-pyrrole nitrogens is 1. The molecule has 0 atom stereocenters. The Balaban J connectivity index is 1.66. The highest BCUT2D eigenvalue weighted by atomic mass is 35.5. The minimum Gasteiger partial charge on any atom is -0.355 e. The van der Waals surface area contributed by atoms with Gasteiger partial charge in [-0.2, -0.15) is 10.4 Å². The number of aromatic amines is 1. The summed E-state index contributed by atoms with van der Waals surface area (Å²) >= 11 is 6.37. The van der Waals surface area contributed by atoms with E-state index in [1.54, 1.807) is 18.3 Å². The van der Waals surface area contributed by atoms with E-state index in [4.69, 9.17) is 16.6 Å². The maximum Gasteiger partial charge on any atom is 0.202 e. The molecule has 0 amide bonds. The second kappa shape index (κ2) is 6.82. The maximum atomic E-state index is 9.20. The molecule has 1 fully saturated rings. The Morgan fingerprint density at radius 2 is 2.11 bits per heavy atom. The largest absolute Gasteiger partial charge is 0.355 e. The van der Waals surface area contributed by atoms with Gasteiger partial charge in [0.25, 0.3) is 0 Å². The molecule has 7 heteroatoms. The summed E-state index contributed by atoms with van der Waals surface area (Å²) in [5, 5.41) is 16.9. The van der Waals surface area contributed by atoms with Crippen LogP contribution in [-0.2, 0) is 0 Å². The average molecular weight is 381 g/mol. The fourth-order valence-corrected chi connectivity index (χ4v) is 3.83. The summed E-state index contributed by atoms with van der Waals surface area (Å²) in [5.41, 5.74) is 3.46. The van der Waals surface area contributed by atoms with Crippen molar-refractivity contribution in [2.75, 3.05) is 18.0 Å². The second-order valence-electron chi connectivity index (χ2n) is 7.43. The van der Waals surface area contributed by atoms with E-state index in [9.17, 15) is 5.26 Å². The molecule has 1 N–H and O–H groups in total. The molecule has 27 heavy (non-hydrogen) atoms. The number of benzene rings is 1. The Hall–Kier alpha value is -2.65. The van der Waals surface area contributed by atoms with Gasteiger partial charge in [0.05, 0.1) is 22.5 Å². The highest BCUT2D eigenvalue weighted by Crippen LogP contribution is 2.36. The van der Waals surface area contributed by atoms with E-state index in [2.05, 4.69) is 40.0 Å². The van der Waals surface area contributed by atoms with Crippen LogP contribution < -0.4 is 4.90 Å². The zero-order chi connectivity index (χ0) is 19.0. The molecule has 1 saturated heterocycles. The molecular weight excluding hydrogens is 360 g/mol. The first-order valence-corrected chi connectivity index (χ1v) is 9.57. The van der Waals surface area contributed by atoms with Crippen molar-refractivity contribution in [3.8, 4) is 17.3 Å². The van der Waals surface area contributed by atoms with E-state index < -0.39 is 0 Å². The summed E-state index contributed by atoms with van der Waals surface area (Å²) in [6.45, 7) is 6.59. The number of halogens is 1. The van der Waals surface area contributed by atoms with E-state index in [0.717, 1.165) is 31.7 Å². The lowest BCUT2D eigenvalue weighted by Crippen LogP contribution is -2.38. The number of fused-ring (bicyclic) bond motifs is 1. The van der Waals surface area contributed by atoms with Crippen LogP contribution in [0.2, 0.25) is 5.02 Å². The Morgan fingerprint density at radius 3 is 2.81 bits per heavy atom. The van der Waals surface area contributed by atoms with Gasteiger partial charge in [0.2, 0.25) is 5.65 Å². The Morgan fingerprint density at radius 1 is 1.33 bits per heavy atom. The summed E-state index contributed by atoms with van der Waals surface area (Å²) in [7, 11) is 0. The van der Waals surface area contributed by atoms with Crippen molar-refractivity contribution in [1.82, 2.24) is 20.2 Å². The minimum absolute atomic E-state index is 0.395. The van der Waals surface area contributed by atoms with Crippen LogP contribution in [0.5, 0.6) is 0 Å². The third-order valence-corrected chi connectivity index (χ3v) is 6.20. The van der Waals surface area contributed by atoms with Gasteiger partial charge in [-0.15, -0.1) is 0 Å². The number of nitrogens with zero attached hydrogens (tertiary/aromatic N) is 5. The van der Waals surface area contributed by atoms with Crippen molar-refractivity contribution in [2.24, 2.45) is 5.41 Å². The number of aromatic nitrogens is 4. The molecule has 1 aliphatic heterocycles. The molecule has 138 valence electrons. The van der Waals surface area contributed by atoms with Gasteiger partial charge in [0.15, 0.2) is 0 Å². The fraction of sp³-hybridized carbons (Fsp3) is 0.400. The zero-order valence-electron chi connectivity index (χ0n) is 15.5. The molecule has 3 heterocycles. The predicted octanol–water partition coefficient (Wildman–Crippen LogP) is 4.56. The van der Waals surface area contributed by atoms with E-state index in [1.807, 2.05) is 6.07 Å². The monoisotopic (exact) mass is 380 g/mol. The minimum atomic E-state index is 0.395. The van der Waals surface area contributed by atoms with Gasteiger partial charge in [-0.05, 0) is 24.3 Å². The third kappa shape index (κ3) is 3.13. The summed E-state index contributed by atoms with van der Waals surface area (Å²) in [6, 6.07) is 7.44. The highest BCUT2D eigenvalue weighted by Gasteiger charge is 2.29. The molecule has 2 aromatic heterocycles. The number of rotatable bonds is 3. The number of anilines is 1. The maximum absolute atomic E-state index is 9.20. The number of hydrogen-bond acceptors (Lipinski definition) is 5. The molecular formula is C20H21ClN6. The summed E-state index contributed by atoms with van der Waals surface area (Å²) in [4.78, 5) is 11.6. The van der Waals surface area contributed by atoms with Crippen LogP contribution in [0, 0.1) is 16.7 Å². The van der Waals surface area contributed by atoms with Gasteiger partial charge >= 0.3 is 0 Å². The van der Waals surface area contributed by atoms with Crippen molar-refractivity contribution in [3.63, 3.8) is 0 Å². The van der Waals surface area contributed by atoms with Crippen LogP contribution in [0.15, 0.2) is 24.4 Å². The Bertz CT molecular complexity index is 1030. The molecule has 6 nitrogen and oxygen atoms in total. The highest BCUT2D eigenvalue weighted by molar-refractivity contribution is 6.34. The first-order chi connectivity index (χ1) is 13.0. The molecule has 0 aliphatic carbocycles. The molecule has 0 saturated carbocycles. The van der Waals surface area contributed by atoms with E-state index in [-0.39, 0.29) is 0 Å².